The number of rotatable bonds is 1. The molecule has 0 aliphatic rings. The molecule has 3 aromatic rings. The molecule has 0 N–H and O–H groups in total. The Morgan fingerprint density at radius 3 is 2.89 bits per heavy atom. The summed E-state index contributed by atoms with van der Waals surface area (Å²) in [5.74, 6) is -0.0460. The molecule has 0 fully saturated rings. The molecule has 0 aliphatic carbocycles. The van der Waals surface area contributed by atoms with Crippen molar-refractivity contribution in [2.75, 3.05) is 0 Å². The molecule has 94 valence electrons. The van der Waals surface area contributed by atoms with Crippen LogP contribution in [0.1, 0.15) is 15.9 Å². The monoisotopic (exact) mass is 362 g/mol. The lowest BCUT2D eigenvalue weighted by Gasteiger charge is -2.04. The molecule has 19 heavy (non-hydrogen) atoms. The summed E-state index contributed by atoms with van der Waals surface area (Å²) in [6.45, 7) is 1.98. The third-order valence-corrected chi connectivity index (χ3v) is 3.86. The van der Waals surface area contributed by atoms with E-state index in [2.05, 4.69) is 27.6 Å². The Morgan fingerprint density at radius 1 is 1.26 bits per heavy atom. The molecular weight excluding hydrogens is 351 g/mol. The van der Waals surface area contributed by atoms with Gasteiger partial charge < -0.3 is 0 Å². The van der Waals surface area contributed by atoms with E-state index in [9.17, 15) is 4.79 Å². The molecule has 2 heterocycles. The number of pyridine rings is 1. The molecule has 2 aromatic heterocycles. The van der Waals surface area contributed by atoms with Gasteiger partial charge in [-0.25, -0.2) is 4.98 Å². The number of benzene rings is 1. The van der Waals surface area contributed by atoms with Crippen molar-refractivity contribution in [1.82, 2.24) is 9.55 Å². The maximum absolute atomic E-state index is 12.5. The number of hydrogen-bond donors (Lipinski definition) is 0. The molecule has 0 amide bonds. The van der Waals surface area contributed by atoms with Crippen LogP contribution in [-0.4, -0.2) is 15.5 Å². The average Bonchev–Trinajstić information content (AvgIpc) is 2.76. The van der Waals surface area contributed by atoms with Crippen LogP contribution in [-0.2, 0) is 0 Å². The van der Waals surface area contributed by atoms with Crippen molar-refractivity contribution in [3.63, 3.8) is 0 Å². The van der Waals surface area contributed by atoms with E-state index >= 15 is 0 Å². The van der Waals surface area contributed by atoms with Crippen LogP contribution in [0.15, 0.2) is 48.8 Å². The van der Waals surface area contributed by atoms with Gasteiger partial charge in [0.1, 0.15) is 5.65 Å². The van der Waals surface area contributed by atoms with Gasteiger partial charge in [-0.3, -0.25) is 9.36 Å². The van der Waals surface area contributed by atoms with Gasteiger partial charge in [0.05, 0.1) is 0 Å². The van der Waals surface area contributed by atoms with Crippen molar-refractivity contribution in [2.24, 2.45) is 0 Å². The average molecular weight is 362 g/mol. The summed E-state index contributed by atoms with van der Waals surface area (Å²) >= 11 is 2.23. The molecule has 0 saturated heterocycles. The lowest BCUT2D eigenvalue weighted by Crippen LogP contribution is -2.11. The van der Waals surface area contributed by atoms with Crippen molar-refractivity contribution in [3.8, 4) is 0 Å². The molecule has 4 heteroatoms. The minimum atomic E-state index is -0.0460. The summed E-state index contributed by atoms with van der Waals surface area (Å²) in [6, 6.07) is 11.5. The van der Waals surface area contributed by atoms with Gasteiger partial charge in [0.25, 0.3) is 5.91 Å². The van der Waals surface area contributed by atoms with Gasteiger partial charge in [-0.2, -0.15) is 0 Å². The van der Waals surface area contributed by atoms with E-state index in [1.807, 2.05) is 49.5 Å². The van der Waals surface area contributed by atoms with Crippen molar-refractivity contribution >= 4 is 39.5 Å². The Bertz CT molecular complexity index is 777. The molecule has 0 saturated carbocycles. The van der Waals surface area contributed by atoms with Crippen LogP contribution in [0.4, 0.5) is 0 Å². The van der Waals surface area contributed by atoms with Crippen molar-refractivity contribution in [3.05, 3.63) is 63.5 Å². The SMILES string of the molecule is Cc1cccc(C(=O)n2cc(I)c3cccnc32)c1. The largest absolute Gasteiger partial charge is 0.268 e. The summed E-state index contributed by atoms with van der Waals surface area (Å²) in [4.78, 5) is 16.9. The zero-order chi connectivity index (χ0) is 13.4. The predicted molar refractivity (Wildman–Crippen MR) is 83.4 cm³/mol. The number of carbonyl (C=O) groups excluding carboxylic acids is 1. The Labute approximate surface area is 124 Å². The maximum atomic E-state index is 12.5. The van der Waals surface area contributed by atoms with Gasteiger partial charge in [-0.1, -0.05) is 17.7 Å². The van der Waals surface area contributed by atoms with E-state index in [4.69, 9.17) is 0 Å². The highest BCUT2D eigenvalue weighted by Crippen LogP contribution is 2.22. The fourth-order valence-corrected chi connectivity index (χ4v) is 2.79. The smallest absolute Gasteiger partial charge is 0.263 e. The lowest BCUT2D eigenvalue weighted by molar-refractivity contribution is 0.0964. The van der Waals surface area contributed by atoms with Gasteiger partial charge in [0, 0.05) is 26.9 Å². The van der Waals surface area contributed by atoms with Gasteiger partial charge in [-0.05, 0) is 53.8 Å². The highest BCUT2D eigenvalue weighted by atomic mass is 127. The summed E-state index contributed by atoms with van der Waals surface area (Å²) in [7, 11) is 0. The van der Waals surface area contributed by atoms with E-state index in [0.29, 0.717) is 11.2 Å². The Kier molecular flexibility index (Phi) is 3.10. The minimum absolute atomic E-state index is 0.0460. The van der Waals surface area contributed by atoms with Gasteiger partial charge in [0.15, 0.2) is 0 Å². The van der Waals surface area contributed by atoms with Crippen LogP contribution >= 0.6 is 22.6 Å². The maximum Gasteiger partial charge on any atom is 0.263 e. The second kappa shape index (κ2) is 4.77. The fourth-order valence-electron chi connectivity index (χ4n) is 2.09. The van der Waals surface area contributed by atoms with Crippen LogP contribution in [0.25, 0.3) is 11.0 Å². The summed E-state index contributed by atoms with van der Waals surface area (Å²) in [5.41, 5.74) is 2.46. The number of hydrogen-bond acceptors (Lipinski definition) is 2. The number of nitrogens with zero attached hydrogens (tertiary/aromatic N) is 2. The first-order valence-electron chi connectivity index (χ1n) is 5.90. The minimum Gasteiger partial charge on any atom is -0.268 e. The molecule has 0 radical (unpaired) electrons. The van der Waals surface area contributed by atoms with Crippen LogP contribution in [0.3, 0.4) is 0 Å². The third-order valence-electron chi connectivity index (χ3n) is 3.00. The lowest BCUT2D eigenvalue weighted by atomic mass is 10.1. The molecule has 0 spiro atoms. The Hall–Kier alpha value is -1.69. The molecule has 0 atom stereocenters. The standard InChI is InChI=1S/C15H11IN2O/c1-10-4-2-5-11(8-10)15(19)18-9-13(16)12-6-3-7-17-14(12)18/h2-9H,1H3. The van der Waals surface area contributed by atoms with Crippen LogP contribution in [0.2, 0.25) is 0 Å². The van der Waals surface area contributed by atoms with Gasteiger partial charge in [-0.15, -0.1) is 0 Å². The number of aryl methyl sites for hydroxylation is 1. The topological polar surface area (TPSA) is 34.9 Å². The zero-order valence-electron chi connectivity index (χ0n) is 10.3. The summed E-state index contributed by atoms with van der Waals surface area (Å²) < 4.78 is 2.65. The first-order chi connectivity index (χ1) is 9.16. The van der Waals surface area contributed by atoms with E-state index in [1.54, 1.807) is 10.8 Å². The predicted octanol–water partition coefficient (Wildman–Crippen LogP) is 3.64. The van der Waals surface area contributed by atoms with Crippen LogP contribution in [0.5, 0.6) is 0 Å². The Morgan fingerprint density at radius 2 is 2.11 bits per heavy atom. The summed E-state index contributed by atoms with van der Waals surface area (Å²) in [5, 5.41) is 1.00. The zero-order valence-corrected chi connectivity index (χ0v) is 12.5. The van der Waals surface area contributed by atoms with Gasteiger partial charge >= 0.3 is 0 Å². The van der Waals surface area contributed by atoms with Crippen molar-refractivity contribution in [1.29, 1.82) is 0 Å². The molecule has 3 nitrogen and oxygen atoms in total. The number of carbonyl (C=O) groups is 1. The molecule has 1 aromatic carbocycles. The first-order valence-corrected chi connectivity index (χ1v) is 6.97. The fraction of sp³-hybridized carbons (Fsp3) is 0.0667. The molecular formula is C15H11IN2O. The second-order valence-electron chi connectivity index (χ2n) is 4.40. The van der Waals surface area contributed by atoms with E-state index < -0.39 is 0 Å². The third kappa shape index (κ3) is 2.16. The number of fused-ring (bicyclic) bond motifs is 1. The highest BCUT2D eigenvalue weighted by molar-refractivity contribution is 14.1. The van der Waals surface area contributed by atoms with Gasteiger partial charge in [0.2, 0.25) is 0 Å². The quantitative estimate of drug-likeness (QED) is 0.620. The van der Waals surface area contributed by atoms with Crippen LogP contribution < -0.4 is 0 Å². The first kappa shape index (κ1) is 12.3. The summed E-state index contributed by atoms with van der Waals surface area (Å²) in [6.07, 6.45) is 3.54. The highest BCUT2D eigenvalue weighted by Gasteiger charge is 2.14. The molecule has 0 unspecified atom stereocenters. The number of aromatic nitrogens is 2. The van der Waals surface area contributed by atoms with E-state index in [1.165, 1.54) is 0 Å². The normalized spacial score (nSPS) is 10.8. The molecule has 0 aliphatic heterocycles. The molecule has 0 bridgehead atoms. The second-order valence-corrected chi connectivity index (χ2v) is 5.56. The van der Waals surface area contributed by atoms with E-state index in [-0.39, 0.29) is 5.91 Å². The van der Waals surface area contributed by atoms with Crippen molar-refractivity contribution in [2.45, 2.75) is 6.92 Å². The van der Waals surface area contributed by atoms with E-state index in [0.717, 1.165) is 14.5 Å². The molecule has 3 rings (SSSR count). The Balaban J connectivity index is 2.17. The number of halogens is 1. The van der Waals surface area contributed by atoms with Crippen molar-refractivity contribution < 1.29 is 4.79 Å². The van der Waals surface area contributed by atoms with Crippen LogP contribution in [0, 0.1) is 10.5 Å².